The number of nitrogens with one attached hydrogen (secondary N) is 1. The Morgan fingerprint density at radius 1 is 1.35 bits per heavy atom. The molecule has 1 N–H and O–H groups in total. The molecule has 1 aliphatic rings. The van der Waals surface area contributed by atoms with Crippen molar-refractivity contribution in [3.8, 4) is 0 Å². The summed E-state index contributed by atoms with van der Waals surface area (Å²) in [5, 5.41) is 4.45. The van der Waals surface area contributed by atoms with Crippen LogP contribution in [-0.2, 0) is 0 Å². The van der Waals surface area contributed by atoms with Gasteiger partial charge in [0.05, 0.1) is 0 Å². The van der Waals surface area contributed by atoms with Gasteiger partial charge in [-0.05, 0) is 55.3 Å². The van der Waals surface area contributed by atoms with Gasteiger partial charge in [-0.2, -0.15) is 0 Å². The molecule has 1 fully saturated rings. The number of rotatable bonds is 3. The van der Waals surface area contributed by atoms with Gasteiger partial charge in [0.15, 0.2) is 0 Å². The van der Waals surface area contributed by atoms with Gasteiger partial charge in [0.1, 0.15) is 0 Å². The molecule has 0 amide bonds. The first kappa shape index (κ1) is 12.9. The lowest BCUT2D eigenvalue weighted by molar-refractivity contribution is 0.280. The highest BCUT2D eigenvalue weighted by Crippen LogP contribution is 2.37. The number of piperidine rings is 1. The van der Waals surface area contributed by atoms with Gasteiger partial charge < -0.3 is 5.32 Å². The van der Waals surface area contributed by atoms with Crippen molar-refractivity contribution in [2.24, 2.45) is 11.8 Å². The summed E-state index contributed by atoms with van der Waals surface area (Å²) in [7, 11) is 0. The lowest BCUT2D eigenvalue weighted by Crippen LogP contribution is -2.36. The van der Waals surface area contributed by atoms with Gasteiger partial charge in [-0.25, -0.2) is 0 Å². The maximum atomic E-state index is 6.34. The Balaban J connectivity index is 2.19. The maximum absolute atomic E-state index is 6.34. The number of hydrogen-bond acceptors (Lipinski definition) is 1. The summed E-state index contributed by atoms with van der Waals surface area (Å²) in [5.74, 6) is 2.11. The van der Waals surface area contributed by atoms with E-state index in [-0.39, 0.29) is 0 Å². The smallest absolute Gasteiger partial charge is 0.0440 e. The molecule has 1 aromatic carbocycles. The van der Waals surface area contributed by atoms with E-state index < -0.39 is 0 Å². The topological polar surface area (TPSA) is 12.0 Å². The highest BCUT2D eigenvalue weighted by atomic mass is 35.5. The molecule has 0 bridgehead atoms. The molecule has 94 valence electrons. The van der Waals surface area contributed by atoms with Gasteiger partial charge in [0, 0.05) is 5.02 Å². The monoisotopic (exact) mass is 251 g/mol. The van der Waals surface area contributed by atoms with Crippen molar-refractivity contribution in [2.45, 2.75) is 32.6 Å². The van der Waals surface area contributed by atoms with Gasteiger partial charge >= 0.3 is 0 Å². The fraction of sp³-hybridized carbons (Fsp3) is 0.600. The van der Waals surface area contributed by atoms with Crippen molar-refractivity contribution in [3.05, 3.63) is 34.9 Å². The third-order valence-electron chi connectivity index (χ3n) is 3.69. The van der Waals surface area contributed by atoms with E-state index in [0.717, 1.165) is 29.9 Å². The molecule has 1 saturated heterocycles. The summed E-state index contributed by atoms with van der Waals surface area (Å²) < 4.78 is 0. The largest absolute Gasteiger partial charge is 0.316 e. The van der Waals surface area contributed by atoms with Crippen molar-refractivity contribution >= 4 is 11.6 Å². The van der Waals surface area contributed by atoms with Gasteiger partial charge in [-0.1, -0.05) is 43.6 Å². The molecule has 17 heavy (non-hydrogen) atoms. The summed E-state index contributed by atoms with van der Waals surface area (Å²) >= 11 is 6.34. The van der Waals surface area contributed by atoms with E-state index in [1.54, 1.807) is 0 Å². The van der Waals surface area contributed by atoms with Gasteiger partial charge in [-0.15, -0.1) is 0 Å². The zero-order valence-electron chi connectivity index (χ0n) is 10.7. The Bertz CT molecular complexity index is 362. The SMILES string of the molecule is CC(C)CC1CNCCC1c1ccccc1Cl. The minimum Gasteiger partial charge on any atom is -0.316 e. The van der Waals surface area contributed by atoms with E-state index >= 15 is 0 Å². The number of halogens is 1. The molecule has 2 unspecified atom stereocenters. The van der Waals surface area contributed by atoms with Crippen LogP contribution in [-0.4, -0.2) is 13.1 Å². The van der Waals surface area contributed by atoms with Crippen LogP contribution in [0.15, 0.2) is 24.3 Å². The molecule has 2 heteroatoms. The van der Waals surface area contributed by atoms with E-state index in [4.69, 9.17) is 11.6 Å². The normalized spacial score (nSPS) is 25.2. The Morgan fingerprint density at radius 3 is 2.82 bits per heavy atom. The van der Waals surface area contributed by atoms with E-state index in [9.17, 15) is 0 Å². The van der Waals surface area contributed by atoms with Crippen molar-refractivity contribution in [2.75, 3.05) is 13.1 Å². The van der Waals surface area contributed by atoms with Crippen LogP contribution in [0.5, 0.6) is 0 Å². The third kappa shape index (κ3) is 3.23. The lowest BCUT2D eigenvalue weighted by atomic mass is 9.77. The Kier molecular flexibility index (Phi) is 4.47. The standard InChI is InChI=1S/C15H22ClN/c1-11(2)9-12-10-17-8-7-13(12)14-5-3-4-6-15(14)16/h3-6,11-13,17H,7-10H2,1-2H3. The van der Waals surface area contributed by atoms with E-state index in [1.165, 1.54) is 18.4 Å². The van der Waals surface area contributed by atoms with Crippen LogP contribution >= 0.6 is 11.6 Å². The number of hydrogen-bond donors (Lipinski definition) is 1. The first-order chi connectivity index (χ1) is 8.18. The molecule has 1 aromatic rings. The van der Waals surface area contributed by atoms with E-state index in [2.05, 4.69) is 31.3 Å². The minimum absolute atomic E-state index is 0.632. The molecule has 1 aliphatic heterocycles. The summed E-state index contributed by atoms with van der Waals surface area (Å²) in [5.41, 5.74) is 1.35. The molecular weight excluding hydrogens is 230 g/mol. The Hall–Kier alpha value is -0.530. The zero-order valence-corrected chi connectivity index (χ0v) is 11.5. The molecule has 1 heterocycles. The maximum Gasteiger partial charge on any atom is 0.0440 e. The minimum atomic E-state index is 0.632. The van der Waals surface area contributed by atoms with Crippen molar-refractivity contribution in [1.29, 1.82) is 0 Å². The average Bonchev–Trinajstić information content (AvgIpc) is 2.30. The molecule has 0 spiro atoms. The summed E-state index contributed by atoms with van der Waals surface area (Å²) in [6.45, 7) is 6.86. The predicted molar refractivity (Wildman–Crippen MR) is 74.6 cm³/mol. The van der Waals surface area contributed by atoms with Crippen LogP contribution in [0.2, 0.25) is 5.02 Å². The molecule has 2 rings (SSSR count). The Morgan fingerprint density at radius 2 is 2.12 bits per heavy atom. The van der Waals surface area contributed by atoms with Crippen LogP contribution in [0.1, 0.15) is 38.2 Å². The number of benzene rings is 1. The summed E-state index contributed by atoms with van der Waals surface area (Å²) in [6.07, 6.45) is 2.49. The predicted octanol–water partition coefficient (Wildman–Crippen LogP) is 4.08. The molecule has 0 aliphatic carbocycles. The Labute approximate surface area is 110 Å². The second-order valence-electron chi connectivity index (χ2n) is 5.51. The fourth-order valence-corrected chi connectivity index (χ4v) is 3.24. The van der Waals surface area contributed by atoms with Gasteiger partial charge in [-0.3, -0.25) is 0 Å². The molecule has 0 saturated carbocycles. The first-order valence-corrected chi connectivity index (χ1v) is 7.01. The zero-order chi connectivity index (χ0) is 12.3. The van der Waals surface area contributed by atoms with Gasteiger partial charge in [0.25, 0.3) is 0 Å². The summed E-state index contributed by atoms with van der Waals surface area (Å²) in [6, 6.07) is 8.34. The van der Waals surface area contributed by atoms with Crippen LogP contribution in [0.25, 0.3) is 0 Å². The van der Waals surface area contributed by atoms with Crippen molar-refractivity contribution < 1.29 is 0 Å². The molecule has 0 aromatic heterocycles. The highest BCUT2D eigenvalue weighted by Gasteiger charge is 2.27. The molecule has 2 atom stereocenters. The summed E-state index contributed by atoms with van der Waals surface area (Å²) in [4.78, 5) is 0. The lowest BCUT2D eigenvalue weighted by Gasteiger charge is -2.34. The average molecular weight is 252 g/mol. The second kappa shape index (κ2) is 5.88. The van der Waals surface area contributed by atoms with Crippen LogP contribution in [0.4, 0.5) is 0 Å². The van der Waals surface area contributed by atoms with Crippen LogP contribution in [0, 0.1) is 11.8 Å². The van der Waals surface area contributed by atoms with Crippen LogP contribution < -0.4 is 5.32 Å². The van der Waals surface area contributed by atoms with Crippen LogP contribution in [0.3, 0.4) is 0 Å². The molecule has 0 radical (unpaired) electrons. The molecule has 1 nitrogen and oxygen atoms in total. The fourth-order valence-electron chi connectivity index (χ4n) is 2.96. The van der Waals surface area contributed by atoms with E-state index in [0.29, 0.717) is 5.92 Å². The quantitative estimate of drug-likeness (QED) is 0.854. The van der Waals surface area contributed by atoms with Gasteiger partial charge in [0.2, 0.25) is 0 Å². The third-order valence-corrected chi connectivity index (χ3v) is 4.03. The first-order valence-electron chi connectivity index (χ1n) is 6.63. The van der Waals surface area contributed by atoms with E-state index in [1.807, 2.05) is 12.1 Å². The van der Waals surface area contributed by atoms with Crippen molar-refractivity contribution in [1.82, 2.24) is 5.32 Å². The van der Waals surface area contributed by atoms with Crippen molar-refractivity contribution in [3.63, 3.8) is 0 Å². The highest BCUT2D eigenvalue weighted by molar-refractivity contribution is 6.31. The molecular formula is C15H22ClN. The second-order valence-corrected chi connectivity index (χ2v) is 5.92.